The van der Waals surface area contributed by atoms with Gasteiger partial charge in [-0.3, -0.25) is 24.1 Å². The van der Waals surface area contributed by atoms with Crippen LogP contribution in [0.2, 0.25) is 0 Å². The first-order valence-corrected chi connectivity index (χ1v) is 14.2. The van der Waals surface area contributed by atoms with Crippen molar-refractivity contribution in [1.82, 2.24) is 10.2 Å². The molecule has 37 heavy (non-hydrogen) atoms. The number of amides is 3. The predicted octanol–water partition coefficient (Wildman–Crippen LogP) is 1.78. The molecule has 0 radical (unpaired) electrons. The summed E-state index contributed by atoms with van der Waals surface area (Å²) in [7, 11) is -3.24. The highest BCUT2D eigenvalue weighted by Crippen LogP contribution is 2.34. The highest BCUT2D eigenvalue weighted by molar-refractivity contribution is 7.91. The van der Waals surface area contributed by atoms with Crippen LogP contribution < -0.4 is 11.1 Å². The molecule has 3 unspecified atom stereocenters. The third kappa shape index (κ3) is 5.10. The maximum atomic E-state index is 13.3. The summed E-state index contributed by atoms with van der Waals surface area (Å²) >= 11 is 0. The van der Waals surface area contributed by atoms with Crippen LogP contribution >= 0.6 is 0 Å². The van der Waals surface area contributed by atoms with Crippen LogP contribution in [-0.2, 0) is 19.4 Å². The van der Waals surface area contributed by atoms with Gasteiger partial charge < -0.3 is 16.2 Å². The van der Waals surface area contributed by atoms with Crippen molar-refractivity contribution < 1.29 is 32.7 Å². The number of carbonyl (C=O) groups is 4. The van der Waals surface area contributed by atoms with Gasteiger partial charge in [0.05, 0.1) is 40.6 Å². The lowest BCUT2D eigenvalue weighted by molar-refractivity contribution is -0.151. The van der Waals surface area contributed by atoms with E-state index in [9.17, 15) is 32.7 Å². The third-order valence-corrected chi connectivity index (χ3v) is 9.19. The van der Waals surface area contributed by atoms with Crippen LogP contribution in [0.4, 0.5) is 0 Å². The van der Waals surface area contributed by atoms with Gasteiger partial charge in [0, 0.05) is 12.0 Å². The van der Waals surface area contributed by atoms with Crippen molar-refractivity contribution in [3.63, 3.8) is 0 Å². The summed E-state index contributed by atoms with van der Waals surface area (Å²) in [5.41, 5.74) is 6.79. The Morgan fingerprint density at radius 3 is 2.16 bits per heavy atom. The first kappa shape index (κ1) is 26.7. The number of hydrogen-bond acceptors (Lipinski definition) is 7. The number of carbonyl (C=O) groups excluding carboxylic acids is 3. The zero-order valence-electron chi connectivity index (χ0n) is 20.7. The molecular weight excluding hydrogens is 498 g/mol. The normalized spacial score (nSPS) is 21.9. The fourth-order valence-electron chi connectivity index (χ4n) is 5.43. The van der Waals surface area contributed by atoms with Crippen molar-refractivity contribution in [3.8, 4) is 0 Å². The van der Waals surface area contributed by atoms with Crippen LogP contribution in [0.15, 0.2) is 36.4 Å². The fourth-order valence-corrected chi connectivity index (χ4v) is 7.10. The monoisotopic (exact) mass is 529 g/mol. The quantitative estimate of drug-likeness (QED) is 0.414. The molecule has 1 saturated heterocycles. The molecule has 4 N–H and O–H groups in total. The topological polar surface area (TPSA) is 164 Å². The van der Waals surface area contributed by atoms with Crippen LogP contribution in [-0.4, -0.2) is 65.8 Å². The van der Waals surface area contributed by atoms with E-state index in [1.807, 2.05) is 24.3 Å². The molecule has 11 heteroatoms. The van der Waals surface area contributed by atoms with Gasteiger partial charge in [-0.2, -0.15) is 0 Å². The van der Waals surface area contributed by atoms with Crippen molar-refractivity contribution in [2.75, 3.05) is 11.5 Å². The number of rotatable bonds is 9. The van der Waals surface area contributed by atoms with E-state index in [1.54, 1.807) is 19.1 Å². The molecule has 198 valence electrons. The van der Waals surface area contributed by atoms with Crippen molar-refractivity contribution in [1.29, 1.82) is 0 Å². The smallest absolute Gasteiger partial charge is 0.307 e. The van der Waals surface area contributed by atoms with Crippen molar-refractivity contribution in [2.24, 2.45) is 23.5 Å². The van der Waals surface area contributed by atoms with Crippen LogP contribution in [0.1, 0.15) is 53.8 Å². The lowest BCUT2D eigenvalue weighted by atomic mass is 9.77. The number of hydrogen-bond donors (Lipinski definition) is 3. The lowest BCUT2D eigenvalue weighted by Crippen LogP contribution is -2.54. The van der Waals surface area contributed by atoms with Gasteiger partial charge in [-0.05, 0) is 35.7 Å². The lowest BCUT2D eigenvalue weighted by Gasteiger charge is -2.35. The summed E-state index contributed by atoms with van der Waals surface area (Å²) in [6.45, 7) is 3.32. The first-order chi connectivity index (χ1) is 17.4. The Bertz CT molecular complexity index is 1320. The van der Waals surface area contributed by atoms with E-state index in [0.29, 0.717) is 6.42 Å². The molecule has 10 nitrogen and oxygen atoms in total. The standard InChI is InChI=1S/C26H31N3O7S/c1-3-6-18(23(30)28-17-9-10-37(35,36)13-17)21(26(33)34)14(2)22(27)29-24(31)19-11-15-7-4-5-8-16(15)12-20(19)25(29)32/h4-5,7-8,11-12,14,17-18,21-22H,3,6,9-10,13,27H2,1-2H3,(H,28,30)(H,33,34)/t14?,17?,18-,21+,22?/m0/s1. The van der Waals surface area contributed by atoms with Crippen LogP contribution in [0, 0.1) is 17.8 Å². The van der Waals surface area contributed by atoms with Gasteiger partial charge in [0.2, 0.25) is 5.91 Å². The van der Waals surface area contributed by atoms with Gasteiger partial charge in [0.25, 0.3) is 11.8 Å². The van der Waals surface area contributed by atoms with E-state index in [-0.39, 0.29) is 35.5 Å². The highest BCUT2D eigenvalue weighted by atomic mass is 32.2. The number of fused-ring (bicyclic) bond motifs is 2. The third-order valence-electron chi connectivity index (χ3n) is 7.42. The zero-order chi connectivity index (χ0) is 27.1. The number of carboxylic acids is 1. The average Bonchev–Trinajstić information content (AvgIpc) is 3.31. The molecule has 0 aromatic heterocycles. The largest absolute Gasteiger partial charge is 0.481 e. The zero-order valence-corrected chi connectivity index (χ0v) is 21.5. The second-order valence-corrected chi connectivity index (χ2v) is 12.2. The number of sulfone groups is 1. The summed E-state index contributed by atoms with van der Waals surface area (Å²) in [5.74, 6) is -6.58. The molecule has 2 heterocycles. The summed E-state index contributed by atoms with van der Waals surface area (Å²) in [6, 6.07) is 9.95. The Morgan fingerprint density at radius 1 is 1.14 bits per heavy atom. The molecule has 2 aliphatic heterocycles. The molecule has 0 spiro atoms. The number of nitrogens with one attached hydrogen (secondary N) is 1. The number of nitrogens with two attached hydrogens (primary N) is 1. The van der Waals surface area contributed by atoms with Gasteiger partial charge in [-0.1, -0.05) is 44.5 Å². The Morgan fingerprint density at radius 2 is 1.70 bits per heavy atom. The minimum absolute atomic E-state index is 0.0330. The molecule has 2 aromatic carbocycles. The molecule has 2 aromatic rings. The molecule has 2 aliphatic rings. The van der Waals surface area contributed by atoms with Gasteiger partial charge >= 0.3 is 5.97 Å². The molecule has 0 aliphatic carbocycles. The van der Waals surface area contributed by atoms with Crippen LogP contribution in [0.5, 0.6) is 0 Å². The number of carboxylic acid groups (broad SMARTS) is 1. The summed E-state index contributed by atoms with van der Waals surface area (Å²) in [5, 5.41) is 14.4. The van der Waals surface area contributed by atoms with E-state index in [4.69, 9.17) is 5.73 Å². The minimum atomic E-state index is -3.24. The SMILES string of the molecule is CCC[C@H](C(=O)NC1CCS(=O)(=O)C1)[C@H](C(=O)O)C(C)C(N)N1C(=O)c2cc3ccccc3cc2C1=O. The Labute approximate surface area is 215 Å². The molecular formula is C26H31N3O7S. The maximum absolute atomic E-state index is 13.3. The predicted molar refractivity (Wildman–Crippen MR) is 136 cm³/mol. The van der Waals surface area contributed by atoms with Crippen LogP contribution in [0.3, 0.4) is 0 Å². The fraction of sp³-hybridized carbons (Fsp3) is 0.462. The van der Waals surface area contributed by atoms with E-state index in [1.165, 1.54) is 6.92 Å². The number of aliphatic carboxylic acids is 1. The number of benzene rings is 2. The molecule has 0 bridgehead atoms. The van der Waals surface area contributed by atoms with E-state index < -0.39 is 63.5 Å². The average molecular weight is 530 g/mol. The van der Waals surface area contributed by atoms with E-state index in [0.717, 1.165) is 15.7 Å². The number of nitrogens with zero attached hydrogens (tertiary/aromatic N) is 1. The minimum Gasteiger partial charge on any atom is -0.481 e. The van der Waals surface area contributed by atoms with Gasteiger partial charge in [0.1, 0.15) is 0 Å². The van der Waals surface area contributed by atoms with Crippen LogP contribution in [0.25, 0.3) is 10.8 Å². The first-order valence-electron chi connectivity index (χ1n) is 12.3. The maximum Gasteiger partial charge on any atom is 0.307 e. The van der Waals surface area contributed by atoms with Gasteiger partial charge in [-0.25, -0.2) is 8.42 Å². The molecule has 4 rings (SSSR count). The molecule has 1 fully saturated rings. The van der Waals surface area contributed by atoms with Gasteiger partial charge in [-0.15, -0.1) is 0 Å². The number of imide groups is 1. The van der Waals surface area contributed by atoms with Crippen molar-refractivity contribution in [3.05, 3.63) is 47.5 Å². The second kappa shape index (κ2) is 10.2. The Hall–Kier alpha value is -3.31. The second-order valence-electron chi connectivity index (χ2n) is 9.94. The van der Waals surface area contributed by atoms with Crippen molar-refractivity contribution >= 4 is 44.3 Å². The molecule has 3 amide bonds. The Kier molecular flexibility index (Phi) is 7.38. The Balaban J connectivity index is 1.59. The molecule has 5 atom stereocenters. The highest BCUT2D eigenvalue weighted by Gasteiger charge is 2.46. The molecule has 0 saturated carbocycles. The summed E-state index contributed by atoms with van der Waals surface area (Å²) in [4.78, 5) is 53.0. The van der Waals surface area contributed by atoms with E-state index in [2.05, 4.69) is 5.32 Å². The van der Waals surface area contributed by atoms with Gasteiger partial charge in [0.15, 0.2) is 9.84 Å². The summed E-state index contributed by atoms with van der Waals surface area (Å²) < 4.78 is 23.6. The van der Waals surface area contributed by atoms with Crippen molar-refractivity contribution in [2.45, 2.75) is 45.3 Å². The van der Waals surface area contributed by atoms with E-state index >= 15 is 0 Å². The summed E-state index contributed by atoms with van der Waals surface area (Å²) in [6.07, 6.45) is -0.321.